The number of benzene rings is 7. The largest absolute Gasteiger partial charge is 0.456 e. The van der Waals surface area contributed by atoms with Gasteiger partial charge in [0.2, 0.25) is 0 Å². The maximum atomic E-state index is 8.89. The highest BCUT2D eigenvalue weighted by atomic mass is 16.5. The SMILES string of the molecule is [2H]c1c([2H])c([2H])c(N(c2ccc3c(c2)Oc2cccc4c(N(c5c([2H])c([2H])c([2H])c([2H])c5[2H])c5c([2H])c([2H])c([2H])c([2H])c5[2H])ccc-3c24)c2c([2H])c([2H])c([2H])c([2H])c2[2H])c([2H])c1[2H]. The van der Waals surface area contributed by atoms with E-state index >= 15 is 0 Å². The molecule has 0 spiro atoms. The Hall–Kier alpha value is -5.80. The van der Waals surface area contributed by atoms with E-state index in [-0.39, 0.29) is 22.9 Å². The lowest BCUT2D eigenvalue weighted by Crippen LogP contribution is -2.11. The molecular formula is C40H28N2O. The molecule has 8 rings (SSSR count). The zero-order valence-corrected chi connectivity index (χ0v) is 21.9. The van der Waals surface area contributed by atoms with Gasteiger partial charge in [-0.15, -0.1) is 0 Å². The first-order valence-corrected chi connectivity index (χ1v) is 12.9. The first-order valence-electron chi connectivity index (χ1n) is 22.9. The van der Waals surface area contributed by atoms with Gasteiger partial charge in [0.15, 0.2) is 0 Å². The highest BCUT2D eigenvalue weighted by Crippen LogP contribution is 2.51. The first-order chi connectivity index (χ1) is 29.6. The van der Waals surface area contributed by atoms with Crippen LogP contribution < -0.4 is 14.5 Å². The summed E-state index contributed by atoms with van der Waals surface area (Å²) in [7, 11) is 0. The van der Waals surface area contributed by atoms with Crippen LogP contribution in [0.1, 0.15) is 27.4 Å². The van der Waals surface area contributed by atoms with E-state index in [4.69, 9.17) is 32.2 Å². The Bertz CT molecular complexity index is 2940. The van der Waals surface area contributed by atoms with Crippen molar-refractivity contribution in [1.82, 2.24) is 0 Å². The van der Waals surface area contributed by atoms with Crippen LogP contribution >= 0.6 is 0 Å². The summed E-state index contributed by atoms with van der Waals surface area (Å²) in [6, 6.07) is -2.35. The molecule has 1 aliphatic heterocycles. The van der Waals surface area contributed by atoms with Crippen LogP contribution in [-0.4, -0.2) is 0 Å². The molecule has 1 aliphatic rings. The maximum absolute atomic E-state index is 8.89. The minimum absolute atomic E-state index is 0.0217. The summed E-state index contributed by atoms with van der Waals surface area (Å²) in [4.78, 5) is 2.03. The van der Waals surface area contributed by atoms with Crippen molar-refractivity contribution in [2.75, 3.05) is 9.80 Å². The van der Waals surface area contributed by atoms with Crippen LogP contribution in [0.4, 0.5) is 34.1 Å². The molecule has 0 atom stereocenters. The number of rotatable bonds is 6. The van der Waals surface area contributed by atoms with Crippen molar-refractivity contribution in [3.8, 4) is 22.6 Å². The monoisotopic (exact) mass is 572 g/mol. The summed E-state index contributed by atoms with van der Waals surface area (Å²) >= 11 is 0. The Morgan fingerprint density at radius 1 is 0.442 bits per heavy atom. The van der Waals surface area contributed by atoms with Gasteiger partial charge in [-0.05, 0) is 78.2 Å². The molecule has 0 N–H and O–H groups in total. The molecule has 43 heavy (non-hydrogen) atoms. The van der Waals surface area contributed by atoms with E-state index in [1.807, 2.05) is 0 Å². The summed E-state index contributed by atoms with van der Waals surface area (Å²) in [5.74, 6) is 0.284. The number of hydrogen-bond acceptors (Lipinski definition) is 3. The Morgan fingerprint density at radius 3 is 1.51 bits per heavy atom. The number of fused-ring (bicyclic) bond motifs is 2. The van der Waals surface area contributed by atoms with Gasteiger partial charge in [0.1, 0.15) is 11.5 Å². The van der Waals surface area contributed by atoms with Crippen LogP contribution in [0.25, 0.3) is 21.9 Å². The fourth-order valence-electron chi connectivity index (χ4n) is 5.08. The molecule has 0 radical (unpaired) electrons. The van der Waals surface area contributed by atoms with Crippen molar-refractivity contribution in [2.24, 2.45) is 0 Å². The number of nitrogens with zero attached hydrogens (tertiary/aromatic N) is 2. The highest BCUT2D eigenvalue weighted by Gasteiger charge is 2.25. The molecule has 0 saturated carbocycles. The zero-order chi connectivity index (χ0) is 46.0. The standard InChI is InChI=1S/C40H28N2O/c1-5-14-29(15-6-1)41(30-16-7-2-8-17-30)33-24-25-34-35-26-27-37(36-22-13-23-38(40(35)36)43-39(34)28-33)42(31-18-9-3-10-19-31)32-20-11-4-12-21-32/h1-28H/i1D,2D,3D,4D,5D,6D,7D,8D,9D,10D,11D,12D,14D,15D,16D,17D,18D,19D,20D,21D. The molecule has 1 heterocycles. The topological polar surface area (TPSA) is 15.7 Å². The van der Waals surface area contributed by atoms with E-state index in [9.17, 15) is 0 Å². The molecular weight excluding hydrogens is 524 g/mol. The lowest BCUT2D eigenvalue weighted by Gasteiger charge is -2.30. The van der Waals surface area contributed by atoms with E-state index in [0.29, 0.717) is 21.9 Å². The Balaban J connectivity index is 1.40. The van der Waals surface area contributed by atoms with Crippen molar-refractivity contribution in [3.63, 3.8) is 0 Å². The zero-order valence-electron chi connectivity index (χ0n) is 41.9. The molecule has 0 saturated heterocycles. The molecule has 0 amide bonds. The van der Waals surface area contributed by atoms with Crippen LogP contribution in [0.2, 0.25) is 0 Å². The van der Waals surface area contributed by atoms with Crippen LogP contribution in [0.5, 0.6) is 11.5 Å². The third-order valence-corrected chi connectivity index (χ3v) is 6.80. The van der Waals surface area contributed by atoms with Crippen LogP contribution in [0.15, 0.2) is 169 Å². The third kappa shape index (κ3) is 4.39. The van der Waals surface area contributed by atoms with Crippen molar-refractivity contribution in [3.05, 3.63) is 169 Å². The van der Waals surface area contributed by atoms with E-state index in [1.165, 1.54) is 24.3 Å². The molecule has 3 heteroatoms. The summed E-state index contributed by atoms with van der Waals surface area (Å²) in [6.45, 7) is 0. The number of anilines is 6. The highest BCUT2D eigenvalue weighted by molar-refractivity contribution is 6.11. The van der Waals surface area contributed by atoms with E-state index < -0.39 is 144 Å². The van der Waals surface area contributed by atoms with Gasteiger partial charge in [0, 0.05) is 50.8 Å². The molecule has 0 aliphatic carbocycles. The number of ether oxygens (including phenoxy) is 1. The molecule has 0 aromatic heterocycles. The Kier molecular flexibility index (Phi) is 2.90. The molecule has 0 bridgehead atoms. The summed E-state index contributed by atoms with van der Waals surface area (Å²) in [6.07, 6.45) is 0. The van der Waals surface area contributed by atoms with E-state index in [1.54, 1.807) is 24.3 Å². The van der Waals surface area contributed by atoms with Crippen molar-refractivity contribution in [2.45, 2.75) is 0 Å². The summed E-state index contributed by atoms with van der Waals surface area (Å²) < 4.78 is 177. The predicted octanol–water partition coefficient (Wildman–Crippen LogP) is 11.6. The molecule has 3 nitrogen and oxygen atoms in total. The average Bonchev–Trinajstić information content (AvgIpc) is 3.27. The normalized spacial score (nSPS) is 18.0. The fraction of sp³-hybridized carbons (Fsp3) is 0. The van der Waals surface area contributed by atoms with Gasteiger partial charge in [0.05, 0.1) is 33.1 Å². The first kappa shape index (κ1) is 11.8. The lowest BCUT2D eigenvalue weighted by molar-refractivity contribution is 0.487. The van der Waals surface area contributed by atoms with Gasteiger partial charge >= 0.3 is 0 Å². The number of hydrogen-bond donors (Lipinski definition) is 0. The van der Waals surface area contributed by atoms with Crippen LogP contribution in [0, 0.1) is 0 Å². The lowest BCUT2D eigenvalue weighted by atomic mass is 9.93. The summed E-state index contributed by atoms with van der Waals surface area (Å²) in [5.41, 5.74) is -1.11. The van der Waals surface area contributed by atoms with Gasteiger partial charge in [-0.2, -0.15) is 0 Å². The van der Waals surface area contributed by atoms with Gasteiger partial charge in [-0.3, -0.25) is 0 Å². The van der Waals surface area contributed by atoms with Crippen molar-refractivity contribution < 1.29 is 32.2 Å². The van der Waals surface area contributed by atoms with Gasteiger partial charge in [0.25, 0.3) is 0 Å². The minimum atomic E-state index is -0.741. The van der Waals surface area contributed by atoms with Gasteiger partial charge in [-0.25, -0.2) is 0 Å². The Labute approximate surface area is 279 Å². The molecule has 0 unspecified atom stereocenters. The van der Waals surface area contributed by atoms with Crippen LogP contribution in [-0.2, 0) is 0 Å². The molecule has 7 aromatic rings. The van der Waals surface area contributed by atoms with Crippen molar-refractivity contribution in [1.29, 1.82) is 0 Å². The fourth-order valence-corrected chi connectivity index (χ4v) is 5.08. The number of para-hydroxylation sites is 4. The molecule has 204 valence electrons. The second-order valence-electron chi connectivity index (χ2n) is 9.16. The summed E-state index contributed by atoms with van der Waals surface area (Å²) in [5, 5.41) is 0.673. The van der Waals surface area contributed by atoms with E-state index in [0.717, 1.165) is 9.80 Å². The van der Waals surface area contributed by atoms with Crippen LogP contribution in [0.3, 0.4) is 0 Å². The Morgan fingerprint density at radius 2 is 0.953 bits per heavy atom. The predicted molar refractivity (Wildman–Crippen MR) is 179 cm³/mol. The average molecular weight is 573 g/mol. The third-order valence-electron chi connectivity index (χ3n) is 6.80. The van der Waals surface area contributed by atoms with Gasteiger partial charge < -0.3 is 14.5 Å². The second-order valence-corrected chi connectivity index (χ2v) is 9.16. The smallest absolute Gasteiger partial charge is 0.137 e. The molecule has 0 fully saturated rings. The van der Waals surface area contributed by atoms with Gasteiger partial charge in [-0.1, -0.05) is 90.7 Å². The van der Waals surface area contributed by atoms with Crippen molar-refractivity contribution >= 4 is 44.9 Å². The van der Waals surface area contributed by atoms with E-state index in [2.05, 4.69) is 0 Å². The maximum Gasteiger partial charge on any atom is 0.137 e. The second kappa shape index (κ2) is 10.6. The molecule has 7 aromatic carbocycles. The minimum Gasteiger partial charge on any atom is -0.456 e. The quantitative estimate of drug-likeness (QED) is 0.197.